The normalized spacial score (nSPS) is 16.5. The van der Waals surface area contributed by atoms with Crippen molar-refractivity contribution in [3.05, 3.63) is 101 Å². The zero-order valence-electron chi connectivity index (χ0n) is 18.5. The van der Waals surface area contributed by atoms with Crippen molar-refractivity contribution >= 4 is 33.5 Å². The van der Waals surface area contributed by atoms with Crippen LogP contribution in [0.4, 0.5) is 0 Å². The highest BCUT2D eigenvalue weighted by atomic mass is 35.5. The molecule has 2 aromatic carbocycles. The molecule has 5 aromatic rings. The molecule has 0 aliphatic carbocycles. The van der Waals surface area contributed by atoms with E-state index in [1.165, 1.54) is 27.7 Å². The third kappa shape index (κ3) is 3.94. The molecule has 0 amide bonds. The van der Waals surface area contributed by atoms with Gasteiger partial charge in [0.2, 0.25) is 0 Å². The maximum Gasteiger partial charge on any atom is 0.137 e. The summed E-state index contributed by atoms with van der Waals surface area (Å²) in [7, 11) is 0. The van der Waals surface area contributed by atoms with E-state index in [0.29, 0.717) is 5.92 Å². The largest absolute Gasteiger partial charge is 0.358 e. The van der Waals surface area contributed by atoms with E-state index in [2.05, 4.69) is 86.6 Å². The summed E-state index contributed by atoms with van der Waals surface area (Å²) >= 11 is 6.86. The molecule has 4 nitrogen and oxygen atoms in total. The number of nitrogens with zero attached hydrogens (tertiary/aromatic N) is 2. The van der Waals surface area contributed by atoms with Crippen LogP contribution in [0.15, 0.2) is 79.1 Å². The molecular formula is C28H27ClN4. The predicted octanol–water partition coefficient (Wildman–Crippen LogP) is 6.74. The lowest BCUT2D eigenvalue weighted by molar-refractivity contribution is 0.168. The molecule has 2 N–H and O–H groups in total. The number of fused-ring (bicyclic) bond motifs is 2. The van der Waals surface area contributed by atoms with Gasteiger partial charge in [-0.3, -0.25) is 4.90 Å². The zero-order chi connectivity index (χ0) is 22.2. The van der Waals surface area contributed by atoms with Crippen molar-refractivity contribution in [2.75, 3.05) is 13.1 Å². The van der Waals surface area contributed by atoms with Crippen molar-refractivity contribution in [2.45, 2.75) is 25.3 Å². The number of halogens is 1. The summed E-state index contributed by atoms with van der Waals surface area (Å²) in [5.74, 6) is 0.702. The lowest BCUT2D eigenvalue weighted by atomic mass is 9.77. The standard InChI is InChI=1S/C28H27ClN4/c29-23-17-31-28-22(10-13-30-28)27(23)26(25-16-21-8-4-5-9-24(21)32-25)20-11-14-33(15-12-20)18-19-6-2-1-3-7-19/h1-10,13,16-17,20,26,32H,11-12,14-15,18H2,(H,30,31). The Balaban J connectivity index is 1.36. The highest BCUT2D eigenvalue weighted by molar-refractivity contribution is 6.32. The molecule has 1 unspecified atom stereocenters. The number of likely N-dealkylation sites (tertiary alicyclic amines) is 1. The number of hydrogen-bond acceptors (Lipinski definition) is 2. The van der Waals surface area contributed by atoms with Crippen LogP contribution in [0.25, 0.3) is 21.9 Å². The Hall–Kier alpha value is -3.08. The second kappa shape index (κ2) is 8.69. The molecule has 1 aliphatic heterocycles. The summed E-state index contributed by atoms with van der Waals surface area (Å²) in [4.78, 5) is 14.1. The van der Waals surface area contributed by atoms with Gasteiger partial charge in [0.25, 0.3) is 0 Å². The second-order valence-corrected chi connectivity index (χ2v) is 9.56. The van der Waals surface area contributed by atoms with Gasteiger partial charge in [-0.1, -0.05) is 60.1 Å². The molecule has 3 aromatic heterocycles. The summed E-state index contributed by atoms with van der Waals surface area (Å²) in [5, 5.41) is 3.12. The van der Waals surface area contributed by atoms with Crippen LogP contribution in [0.2, 0.25) is 5.02 Å². The maximum absolute atomic E-state index is 6.86. The molecule has 0 radical (unpaired) electrons. The van der Waals surface area contributed by atoms with Crippen molar-refractivity contribution in [3.63, 3.8) is 0 Å². The minimum atomic E-state index is 0.199. The fraction of sp³-hybridized carbons (Fsp3) is 0.250. The van der Waals surface area contributed by atoms with E-state index in [1.54, 1.807) is 6.20 Å². The van der Waals surface area contributed by atoms with Gasteiger partial charge < -0.3 is 9.97 Å². The van der Waals surface area contributed by atoms with Gasteiger partial charge in [-0.05, 0) is 66.6 Å². The van der Waals surface area contributed by atoms with Gasteiger partial charge >= 0.3 is 0 Å². The Kier molecular flexibility index (Phi) is 5.41. The molecule has 5 heteroatoms. The van der Waals surface area contributed by atoms with Gasteiger partial charge in [-0.25, -0.2) is 4.98 Å². The lowest BCUT2D eigenvalue weighted by Gasteiger charge is -2.36. The van der Waals surface area contributed by atoms with E-state index < -0.39 is 0 Å². The zero-order valence-corrected chi connectivity index (χ0v) is 19.2. The minimum Gasteiger partial charge on any atom is -0.358 e. The van der Waals surface area contributed by atoms with Gasteiger partial charge in [0.05, 0.1) is 5.02 Å². The Morgan fingerprint density at radius 3 is 2.61 bits per heavy atom. The first-order valence-corrected chi connectivity index (χ1v) is 12.1. The van der Waals surface area contributed by atoms with E-state index in [-0.39, 0.29) is 5.92 Å². The molecule has 0 spiro atoms. The van der Waals surface area contributed by atoms with Crippen molar-refractivity contribution in [2.24, 2.45) is 5.92 Å². The summed E-state index contributed by atoms with van der Waals surface area (Å²) in [5.41, 5.74) is 5.89. The molecule has 166 valence electrons. The Morgan fingerprint density at radius 1 is 1.00 bits per heavy atom. The molecule has 4 heterocycles. The van der Waals surface area contributed by atoms with Gasteiger partial charge in [-0.2, -0.15) is 0 Å². The average molecular weight is 455 g/mol. The molecule has 33 heavy (non-hydrogen) atoms. The molecule has 1 fully saturated rings. The number of nitrogens with one attached hydrogen (secondary N) is 2. The van der Waals surface area contributed by atoms with Gasteiger partial charge in [0.1, 0.15) is 5.65 Å². The number of para-hydroxylation sites is 1. The molecule has 6 rings (SSSR count). The molecule has 1 atom stereocenters. The number of hydrogen-bond donors (Lipinski definition) is 2. The van der Waals surface area contributed by atoms with Crippen LogP contribution in [0.3, 0.4) is 0 Å². The quantitative estimate of drug-likeness (QED) is 0.309. The van der Waals surface area contributed by atoms with Crippen molar-refractivity contribution in [3.8, 4) is 0 Å². The molecule has 0 bridgehead atoms. The van der Waals surface area contributed by atoms with Crippen LogP contribution in [-0.4, -0.2) is 32.9 Å². The number of aromatic nitrogens is 3. The molecule has 1 aliphatic rings. The minimum absolute atomic E-state index is 0.199. The maximum atomic E-state index is 6.86. The number of pyridine rings is 1. The van der Waals surface area contributed by atoms with E-state index in [1.807, 2.05) is 6.20 Å². The van der Waals surface area contributed by atoms with Crippen molar-refractivity contribution < 1.29 is 0 Å². The van der Waals surface area contributed by atoms with E-state index in [9.17, 15) is 0 Å². The first kappa shape index (κ1) is 20.5. The topological polar surface area (TPSA) is 47.7 Å². The highest BCUT2D eigenvalue weighted by Gasteiger charge is 2.33. The number of rotatable bonds is 5. The first-order valence-electron chi connectivity index (χ1n) is 11.7. The third-order valence-electron chi connectivity index (χ3n) is 7.13. The smallest absolute Gasteiger partial charge is 0.137 e. The van der Waals surface area contributed by atoms with E-state index in [4.69, 9.17) is 11.6 Å². The van der Waals surface area contributed by atoms with Gasteiger partial charge in [-0.15, -0.1) is 0 Å². The van der Waals surface area contributed by atoms with Crippen LogP contribution < -0.4 is 0 Å². The molecule has 1 saturated heterocycles. The van der Waals surface area contributed by atoms with Gasteiger partial charge in [0.15, 0.2) is 0 Å². The number of piperidine rings is 1. The van der Waals surface area contributed by atoms with Crippen LogP contribution in [-0.2, 0) is 6.54 Å². The summed E-state index contributed by atoms with van der Waals surface area (Å²) in [6.45, 7) is 3.20. The van der Waals surface area contributed by atoms with Crippen LogP contribution in [0.1, 0.15) is 35.6 Å². The summed E-state index contributed by atoms with van der Waals surface area (Å²) in [6, 6.07) is 23.7. The second-order valence-electron chi connectivity index (χ2n) is 9.15. The molecular weight excluding hydrogens is 428 g/mol. The van der Waals surface area contributed by atoms with Gasteiger partial charge in [0, 0.05) is 41.5 Å². The lowest BCUT2D eigenvalue weighted by Crippen LogP contribution is -2.35. The average Bonchev–Trinajstić information content (AvgIpc) is 3.49. The SMILES string of the molecule is Clc1cnc2[nH]ccc2c1C(c1cc2ccccc2[nH]1)C1CCN(Cc2ccccc2)CC1. The first-order chi connectivity index (χ1) is 16.3. The predicted molar refractivity (Wildman–Crippen MR) is 136 cm³/mol. The number of H-pyrrole nitrogens is 2. The Morgan fingerprint density at radius 2 is 1.79 bits per heavy atom. The fourth-order valence-corrected chi connectivity index (χ4v) is 5.78. The van der Waals surface area contributed by atoms with Crippen molar-refractivity contribution in [1.29, 1.82) is 0 Å². The number of benzene rings is 2. The van der Waals surface area contributed by atoms with Crippen molar-refractivity contribution in [1.82, 2.24) is 19.9 Å². The fourth-order valence-electron chi connectivity index (χ4n) is 5.51. The van der Waals surface area contributed by atoms with E-state index in [0.717, 1.165) is 48.5 Å². The number of aromatic amines is 2. The Labute approximate surface area is 198 Å². The third-order valence-corrected chi connectivity index (χ3v) is 7.43. The van der Waals surface area contributed by atoms with Crippen LogP contribution in [0.5, 0.6) is 0 Å². The Bertz CT molecular complexity index is 1350. The molecule has 0 saturated carbocycles. The monoisotopic (exact) mass is 454 g/mol. The highest BCUT2D eigenvalue weighted by Crippen LogP contribution is 2.43. The van der Waals surface area contributed by atoms with Crippen LogP contribution in [0, 0.1) is 5.92 Å². The summed E-state index contributed by atoms with van der Waals surface area (Å²) in [6.07, 6.45) is 6.03. The van der Waals surface area contributed by atoms with Crippen LogP contribution >= 0.6 is 11.6 Å². The van der Waals surface area contributed by atoms with E-state index >= 15 is 0 Å². The summed E-state index contributed by atoms with van der Waals surface area (Å²) < 4.78 is 0.